The second-order valence-electron chi connectivity index (χ2n) is 3.39. The number of aliphatic hydroxyl groups excluding tert-OH is 1. The molecular weight excluding hydrogens is 176 g/mol. The van der Waals surface area contributed by atoms with Gasteiger partial charge in [-0.1, -0.05) is 12.1 Å². The first-order valence-corrected chi connectivity index (χ1v) is 4.83. The Morgan fingerprint density at radius 1 is 1.43 bits per heavy atom. The summed E-state index contributed by atoms with van der Waals surface area (Å²) in [6, 6.07) is 6.02. The van der Waals surface area contributed by atoms with E-state index in [-0.39, 0.29) is 6.61 Å². The maximum atomic E-state index is 9.30. The molecule has 0 aliphatic heterocycles. The molecule has 1 heterocycles. The normalized spacial score (nSPS) is 11.1. The van der Waals surface area contributed by atoms with E-state index >= 15 is 0 Å². The van der Waals surface area contributed by atoms with Crippen LogP contribution in [0.1, 0.15) is 18.2 Å². The Morgan fingerprint density at radius 3 is 2.86 bits per heavy atom. The van der Waals surface area contributed by atoms with E-state index in [0.717, 1.165) is 23.1 Å². The zero-order valence-corrected chi connectivity index (χ0v) is 8.49. The first-order chi connectivity index (χ1) is 6.77. The number of hydrogen-bond donors (Lipinski definition) is 1. The van der Waals surface area contributed by atoms with Crippen LogP contribution >= 0.6 is 0 Å². The quantitative estimate of drug-likeness (QED) is 0.784. The summed E-state index contributed by atoms with van der Waals surface area (Å²) < 4.78 is 1.86. The molecule has 0 unspecified atom stereocenters. The van der Waals surface area contributed by atoms with Crippen molar-refractivity contribution in [2.75, 3.05) is 0 Å². The van der Waals surface area contributed by atoms with Gasteiger partial charge in [0, 0.05) is 11.9 Å². The minimum atomic E-state index is 0.0508. The molecule has 0 radical (unpaired) electrons. The summed E-state index contributed by atoms with van der Waals surface area (Å²) in [4.78, 5) is 0. The largest absolute Gasteiger partial charge is 0.390 e. The lowest BCUT2D eigenvalue weighted by Crippen LogP contribution is -2.02. The van der Waals surface area contributed by atoms with Crippen LogP contribution in [0.3, 0.4) is 0 Å². The molecule has 1 aromatic carbocycles. The minimum absolute atomic E-state index is 0.0508. The molecule has 0 bridgehead atoms. The van der Waals surface area contributed by atoms with E-state index < -0.39 is 0 Å². The number of aromatic nitrogens is 2. The SMILES string of the molecule is CCn1nc2cccc(C)c2c1CO. The highest BCUT2D eigenvalue weighted by atomic mass is 16.3. The maximum Gasteiger partial charge on any atom is 0.0929 e. The second kappa shape index (κ2) is 3.42. The van der Waals surface area contributed by atoms with Crippen molar-refractivity contribution in [2.24, 2.45) is 0 Å². The van der Waals surface area contributed by atoms with Crippen molar-refractivity contribution < 1.29 is 5.11 Å². The lowest BCUT2D eigenvalue weighted by molar-refractivity contribution is 0.270. The third-order valence-corrected chi connectivity index (χ3v) is 2.53. The zero-order chi connectivity index (χ0) is 10.1. The fourth-order valence-electron chi connectivity index (χ4n) is 1.85. The molecule has 0 saturated carbocycles. The Labute approximate surface area is 83.0 Å². The van der Waals surface area contributed by atoms with Crippen LogP contribution in [0.15, 0.2) is 18.2 Å². The van der Waals surface area contributed by atoms with Crippen molar-refractivity contribution in [2.45, 2.75) is 27.0 Å². The third kappa shape index (κ3) is 1.21. The molecule has 0 amide bonds. The smallest absolute Gasteiger partial charge is 0.0929 e. The molecular formula is C11H14N2O. The molecule has 14 heavy (non-hydrogen) atoms. The molecule has 0 aliphatic rings. The predicted molar refractivity (Wildman–Crippen MR) is 56.1 cm³/mol. The summed E-state index contributed by atoms with van der Waals surface area (Å²) in [5.41, 5.74) is 3.06. The Morgan fingerprint density at radius 2 is 2.21 bits per heavy atom. The second-order valence-corrected chi connectivity index (χ2v) is 3.39. The monoisotopic (exact) mass is 190 g/mol. The number of aryl methyl sites for hydroxylation is 2. The van der Waals surface area contributed by atoms with Gasteiger partial charge in [0.1, 0.15) is 0 Å². The first-order valence-electron chi connectivity index (χ1n) is 4.83. The van der Waals surface area contributed by atoms with Gasteiger partial charge in [-0.25, -0.2) is 0 Å². The number of aliphatic hydroxyl groups is 1. The van der Waals surface area contributed by atoms with Gasteiger partial charge in [-0.2, -0.15) is 5.10 Å². The van der Waals surface area contributed by atoms with Gasteiger partial charge in [-0.15, -0.1) is 0 Å². The van der Waals surface area contributed by atoms with Crippen molar-refractivity contribution >= 4 is 10.9 Å². The molecule has 74 valence electrons. The van der Waals surface area contributed by atoms with E-state index in [9.17, 15) is 5.11 Å². The van der Waals surface area contributed by atoms with Gasteiger partial charge in [0.15, 0.2) is 0 Å². The summed E-state index contributed by atoms with van der Waals surface area (Å²) in [5, 5.41) is 14.8. The van der Waals surface area contributed by atoms with Gasteiger partial charge in [0.2, 0.25) is 0 Å². The Kier molecular flexibility index (Phi) is 2.25. The Hall–Kier alpha value is -1.35. The number of hydrogen-bond acceptors (Lipinski definition) is 2. The molecule has 0 spiro atoms. The molecule has 1 aromatic heterocycles. The van der Waals surface area contributed by atoms with E-state index in [4.69, 9.17) is 0 Å². The zero-order valence-electron chi connectivity index (χ0n) is 8.49. The highest BCUT2D eigenvalue weighted by Gasteiger charge is 2.10. The van der Waals surface area contributed by atoms with Gasteiger partial charge >= 0.3 is 0 Å². The van der Waals surface area contributed by atoms with Crippen LogP contribution in [0.5, 0.6) is 0 Å². The average molecular weight is 190 g/mol. The van der Waals surface area contributed by atoms with E-state index in [0.29, 0.717) is 0 Å². The molecule has 3 heteroatoms. The van der Waals surface area contributed by atoms with Crippen molar-refractivity contribution in [3.05, 3.63) is 29.5 Å². The molecule has 0 aliphatic carbocycles. The molecule has 0 saturated heterocycles. The fraction of sp³-hybridized carbons (Fsp3) is 0.364. The van der Waals surface area contributed by atoms with Crippen LogP contribution in [0.2, 0.25) is 0 Å². The summed E-state index contributed by atoms with van der Waals surface area (Å²) >= 11 is 0. The molecule has 2 aromatic rings. The lowest BCUT2D eigenvalue weighted by atomic mass is 10.1. The summed E-state index contributed by atoms with van der Waals surface area (Å²) in [5.74, 6) is 0. The fourth-order valence-corrected chi connectivity index (χ4v) is 1.85. The van der Waals surface area contributed by atoms with Crippen LogP contribution in [0, 0.1) is 6.92 Å². The van der Waals surface area contributed by atoms with E-state index in [1.807, 2.05) is 36.7 Å². The van der Waals surface area contributed by atoms with Gasteiger partial charge in [-0.3, -0.25) is 4.68 Å². The number of fused-ring (bicyclic) bond motifs is 1. The standard InChI is InChI=1S/C11H14N2O/c1-3-13-10(7-14)11-8(2)5-4-6-9(11)12-13/h4-6,14H,3,7H2,1-2H3. The number of rotatable bonds is 2. The van der Waals surface area contributed by atoms with E-state index in [2.05, 4.69) is 5.10 Å². The highest BCUT2D eigenvalue weighted by Crippen LogP contribution is 2.22. The van der Waals surface area contributed by atoms with Gasteiger partial charge in [0.05, 0.1) is 17.8 Å². The Balaban J connectivity index is 2.81. The van der Waals surface area contributed by atoms with Crippen molar-refractivity contribution in [1.29, 1.82) is 0 Å². The minimum Gasteiger partial charge on any atom is -0.390 e. The van der Waals surface area contributed by atoms with Crippen LogP contribution in [0.25, 0.3) is 10.9 Å². The molecule has 3 nitrogen and oxygen atoms in total. The van der Waals surface area contributed by atoms with Crippen molar-refractivity contribution in [3.8, 4) is 0 Å². The Bertz CT molecular complexity index is 460. The topological polar surface area (TPSA) is 38.0 Å². The molecule has 1 N–H and O–H groups in total. The van der Waals surface area contributed by atoms with Gasteiger partial charge in [0.25, 0.3) is 0 Å². The van der Waals surface area contributed by atoms with Crippen LogP contribution in [0.4, 0.5) is 0 Å². The molecule has 0 atom stereocenters. The van der Waals surface area contributed by atoms with Crippen LogP contribution in [-0.2, 0) is 13.2 Å². The van der Waals surface area contributed by atoms with Crippen molar-refractivity contribution in [1.82, 2.24) is 9.78 Å². The first kappa shape index (κ1) is 9.21. The summed E-state index contributed by atoms with van der Waals surface area (Å²) in [6.07, 6.45) is 0. The lowest BCUT2D eigenvalue weighted by Gasteiger charge is -2.01. The molecule has 0 fully saturated rings. The van der Waals surface area contributed by atoms with Crippen LogP contribution < -0.4 is 0 Å². The molecule has 2 rings (SSSR count). The van der Waals surface area contributed by atoms with E-state index in [1.54, 1.807) is 0 Å². The van der Waals surface area contributed by atoms with Crippen molar-refractivity contribution in [3.63, 3.8) is 0 Å². The van der Waals surface area contributed by atoms with Gasteiger partial charge in [-0.05, 0) is 25.5 Å². The number of benzene rings is 1. The van der Waals surface area contributed by atoms with Gasteiger partial charge < -0.3 is 5.11 Å². The average Bonchev–Trinajstić information content (AvgIpc) is 2.56. The predicted octanol–water partition coefficient (Wildman–Crippen LogP) is 1.86. The third-order valence-electron chi connectivity index (χ3n) is 2.53. The highest BCUT2D eigenvalue weighted by molar-refractivity contribution is 5.84. The van der Waals surface area contributed by atoms with E-state index in [1.165, 1.54) is 5.56 Å². The number of nitrogens with zero attached hydrogens (tertiary/aromatic N) is 2. The summed E-state index contributed by atoms with van der Waals surface area (Å²) in [7, 11) is 0. The van der Waals surface area contributed by atoms with Crippen LogP contribution in [-0.4, -0.2) is 14.9 Å². The maximum absolute atomic E-state index is 9.30. The summed E-state index contributed by atoms with van der Waals surface area (Å²) in [6.45, 7) is 4.92.